The smallest absolute Gasteiger partial charge is 0.197 e. The number of carbonyl (C=O) groups is 1. The predicted octanol–water partition coefficient (Wildman–Crippen LogP) is 5.78. The van der Waals surface area contributed by atoms with Gasteiger partial charge in [-0.2, -0.15) is 0 Å². The van der Waals surface area contributed by atoms with Crippen LogP contribution in [0, 0.1) is 0 Å². The Balaban J connectivity index is 1.94. The lowest BCUT2D eigenvalue weighted by molar-refractivity contribution is 0.103. The number of methoxy groups -OCH3 is 1. The molecule has 3 aromatic rings. The molecular formula is C22H20O2S. The number of thioether (sulfide) groups is 1. The van der Waals surface area contributed by atoms with Crippen molar-refractivity contribution in [2.75, 3.05) is 7.11 Å². The van der Waals surface area contributed by atoms with Gasteiger partial charge >= 0.3 is 0 Å². The van der Waals surface area contributed by atoms with Gasteiger partial charge in [0, 0.05) is 15.7 Å². The molecule has 2 nitrogen and oxygen atoms in total. The number of hydrogen-bond acceptors (Lipinski definition) is 3. The van der Waals surface area contributed by atoms with E-state index in [1.807, 2.05) is 66.7 Å². The number of benzene rings is 3. The van der Waals surface area contributed by atoms with Gasteiger partial charge in [0.15, 0.2) is 5.78 Å². The third-order valence-corrected chi connectivity index (χ3v) is 5.20. The molecule has 3 heteroatoms. The molecule has 0 spiro atoms. The number of hydrogen-bond donors (Lipinski definition) is 0. The normalized spacial score (nSPS) is 11.8. The van der Waals surface area contributed by atoms with E-state index in [1.165, 1.54) is 4.90 Å². The topological polar surface area (TPSA) is 26.3 Å². The van der Waals surface area contributed by atoms with Crippen LogP contribution in [0.2, 0.25) is 0 Å². The van der Waals surface area contributed by atoms with Crippen LogP contribution in [-0.2, 0) is 0 Å². The fourth-order valence-electron chi connectivity index (χ4n) is 2.80. The van der Waals surface area contributed by atoms with E-state index < -0.39 is 0 Å². The Morgan fingerprint density at radius 3 is 2.16 bits per heavy atom. The van der Waals surface area contributed by atoms with Crippen molar-refractivity contribution >= 4 is 17.5 Å². The highest BCUT2D eigenvalue weighted by Crippen LogP contribution is 2.37. The maximum Gasteiger partial charge on any atom is 0.197 e. The first-order valence-corrected chi connectivity index (χ1v) is 9.07. The lowest BCUT2D eigenvalue weighted by Gasteiger charge is -2.16. The monoisotopic (exact) mass is 348 g/mol. The molecule has 0 bridgehead atoms. The number of rotatable bonds is 6. The minimum absolute atomic E-state index is 0.00596. The summed E-state index contributed by atoms with van der Waals surface area (Å²) in [5.41, 5.74) is 2.35. The van der Waals surface area contributed by atoms with Gasteiger partial charge < -0.3 is 4.74 Å². The van der Waals surface area contributed by atoms with E-state index in [2.05, 4.69) is 19.1 Å². The van der Waals surface area contributed by atoms with Crippen LogP contribution in [0.4, 0.5) is 0 Å². The maximum atomic E-state index is 13.1. The molecule has 126 valence electrons. The molecule has 0 radical (unpaired) electrons. The summed E-state index contributed by atoms with van der Waals surface area (Å²) in [6.45, 7) is 2.13. The largest absolute Gasteiger partial charge is 0.496 e. The highest BCUT2D eigenvalue weighted by molar-refractivity contribution is 7.99. The predicted molar refractivity (Wildman–Crippen MR) is 104 cm³/mol. The molecule has 0 N–H and O–H groups in total. The first kappa shape index (κ1) is 17.3. The standard InChI is InChI=1S/C22H20O2S/c1-16(25-17-10-4-3-5-11-17)18-12-6-7-13-19(18)22(23)20-14-8-9-15-21(20)24-2/h3-16H,1-2H3. The van der Waals surface area contributed by atoms with Crippen LogP contribution in [0.1, 0.15) is 33.7 Å². The average Bonchev–Trinajstić information content (AvgIpc) is 2.68. The molecule has 0 aliphatic carbocycles. The van der Waals surface area contributed by atoms with Crippen LogP contribution < -0.4 is 4.74 Å². The molecule has 0 saturated heterocycles. The second kappa shape index (κ2) is 8.04. The summed E-state index contributed by atoms with van der Waals surface area (Å²) in [5.74, 6) is 0.597. The number of para-hydroxylation sites is 1. The first-order chi connectivity index (χ1) is 12.2. The molecule has 0 aliphatic heterocycles. The lowest BCUT2D eigenvalue weighted by Crippen LogP contribution is -2.08. The van der Waals surface area contributed by atoms with Crippen molar-refractivity contribution in [3.8, 4) is 5.75 Å². The Hall–Kier alpha value is -2.52. The summed E-state index contributed by atoms with van der Waals surface area (Å²) in [4.78, 5) is 14.3. The minimum atomic E-state index is -0.00596. The Morgan fingerprint density at radius 1 is 0.840 bits per heavy atom. The van der Waals surface area contributed by atoms with Crippen LogP contribution in [0.3, 0.4) is 0 Å². The van der Waals surface area contributed by atoms with Gasteiger partial charge in [0.2, 0.25) is 0 Å². The highest BCUT2D eigenvalue weighted by Gasteiger charge is 2.20. The van der Waals surface area contributed by atoms with Crippen molar-refractivity contribution in [3.63, 3.8) is 0 Å². The summed E-state index contributed by atoms with van der Waals surface area (Å²) in [5, 5.41) is 0.164. The average molecular weight is 348 g/mol. The number of ketones is 1. The molecule has 1 atom stereocenters. The van der Waals surface area contributed by atoms with Gasteiger partial charge in [0.25, 0.3) is 0 Å². The van der Waals surface area contributed by atoms with Crippen molar-refractivity contribution in [2.24, 2.45) is 0 Å². The minimum Gasteiger partial charge on any atom is -0.496 e. The molecule has 1 unspecified atom stereocenters. The van der Waals surface area contributed by atoms with Crippen molar-refractivity contribution in [3.05, 3.63) is 95.6 Å². The Morgan fingerprint density at radius 2 is 1.44 bits per heavy atom. The molecule has 0 fully saturated rings. The highest BCUT2D eigenvalue weighted by atomic mass is 32.2. The number of ether oxygens (including phenoxy) is 1. The van der Waals surface area contributed by atoms with E-state index in [0.29, 0.717) is 11.3 Å². The summed E-state index contributed by atoms with van der Waals surface area (Å²) in [7, 11) is 1.59. The van der Waals surface area contributed by atoms with Crippen LogP contribution >= 0.6 is 11.8 Å². The molecule has 3 aromatic carbocycles. The van der Waals surface area contributed by atoms with Gasteiger partial charge in [-0.1, -0.05) is 54.6 Å². The SMILES string of the molecule is COc1ccccc1C(=O)c1ccccc1C(C)Sc1ccccc1. The van der Waals surface area contributed by atoms with E-state index >= 15 is 0 Å². The molecule has 0 heterocycles. The van der Waals surface area contributed by atoms with E-state index in [0.717, 1.165) is 11.1 Å². The van der Waals surface area contributed by atoms with Crippen LogP contribution in [0.5, 0.6) is 5.75 Å². The van der Waals surface area contributed by atoms with Gasteiger partial charge in [-0.15, -0.1) is 11.8 Å². The summed E-state index contributed by atoms with van der Waals surface area (Å²) in [6, 6.07) is 25.4. The zero-order valence-corrected chi connectivity index (χ0v) is 15.1. The Labute approximate surface area is 152 Å². The molecule has 0 aromatic heterocycles. The Bertz CT molecular complexity index is 859. The molecule has 25 heavy (non-hydrogen) atoms. The van der Waals surface area contributed by atoms with E-state index in [9.17, 15) is 4.79 Å². The molecule has 0 saturated carbocycles. The zero-order chi connectivity index (χ0) is 17.6. The van der Waals surface area contributed by atoms with Crippen molar-refractivity contribution < 1.29 is 9.53 Å². The molecule has 0 amide bonds. The van der Waals surface area contributed by atoms with Crippen LogP contribution in [0.15, 0.2) is 83.8 Å². The second-order valence-corrected chi connectivity index (χ2v) is 7.10. The molecular weight excluding hydrogens is 328 g/mol. The second-order valence-electron chi connectivity index (χ2n) is 5.69. The van der Waals surface area contributed by atoms with Gasteiger partial charge in [-0.25, -0.2) is 0 Å². The molecule has 0 aliphatic rings. The fourth-order valence-corrected chi connectivity index (χ4v) is 3.86. The van der Waals surface area contributed by atoms with Crippen LogP contribution in [0.25, 0.3) is 0 Å². The zero-order valence-electron chi connectivity index (χ0n) is 14.3. The van der Waals surface area contributed by atoms with Crippen LogP contribution in [-0.4, -0.2) is 12.9 Å². The summed E-state index contributed by atoms with van der Waals surface area (Å²) >= 11 is 1.75. The number of carbonyl (C=O) groups excluding carboxylic acids is 1. The lowest BCUT2D eigenvalue weighted by atomic mass is 9.96. The van der Waals surface area contributed by atoms with Crippen molar-refractivity contribution in [1.82, 2.24) is 0 Å². The van der Waals surface area contributed by atoms with E-state index in [1.54, 1.807) is 18.9 Å². The molecule has 3 rings (SSSR count). The third kappa shape index (κ3) is 3.94. The van der Waals surface area contributed by atoms with E-state index in [-0.39, 0.29) is 11.0 Å². The third-order valence-electron chi connectivity index (χ3n) is 4.05. The fraction of sp³-hybridized carbons (Fsp3) is 0.136. The van der Waals surface area contributed by atoms with Gasteiger partial charge in [-0.3, -0.25) is 4.79 Å². The first-order valence-electron chi connectivity index (χ1n) is 8.19. The van der Waals surface area contributed by atoms with E-state index in [4.69, 9.17) is 4.74 Å². The summed E-state index contributed by atoms with van der Waals surface area (Å²) < 4.78 is 5.36. The Kier molecular flexibility index (Phi) is 5.56. The van der Waals surface area contributed by atoms with Crippen molar-refractivity contribution in [1.29, 1.82) is 0 Å². The van der Waals surface area contributed by atoms with Gasteiger partial charge in [-0.05, 0) is 36.8 Å². The van der Waals surface area contributed by atoms with Gasteiger partial charge in [0.05, 0.1) is 12.7 Å². The van der Waals surface area contributed by atoms with Crippen molar-refractivity contribution in [2.45, 2.75) is 17.1 Å². The summed E-state index contributed by atoms with van der Waals surface area (Å²) in [6.07, 6.45) is 0. The van der Waals surface area contributed by atoms with Gasteiger partial charge in [0.1, 0.15) is 5.75 Å². The maximum absolute atomic E-state index is 13.1. The quantitative estimate of drug-likeness (QED) is 0.417.